The van der Waals surface area contributed by atoms with E-state index in [-0.39, 0.29) is 12.1 Å². The first-order valence-corrected chi connectivity index (χ1v) is 10.7. The molecule has 2 aliphatic rings. The number of hydrogen-bond donors (Lipinski definition) is 0. The van der Waals surface area contributed by atoms with Gasteiger partial charge in [0, 0.05) is 40.0 Å². The Hall–Kier alpha value is -2.05. The molecule has 0 spiro atoms. The predicted octanol–water partition coefficient (Wildman–Crippen LogP) is 5.22. The Labute approximate surface area is 171 Å². The third-order valence-corrected chi connectivity index (χ3v) is 6.65. The van der Waals surface area contributed by atoms with Crippen molar-refractivity contribution in [2.45, 2.75) is 24.3 Å². The highest BCUT2D eigenvalue weighted by molar-refractivity contribution is 9.10. The number of thioether (sulfide) groups is 1. The molecule has 27 heavy (non-hydrogen) atoms. The van der Waals surface area contributed by atoms with E-state index < -0.39 is 0 Å². The van der Waals surface area contributed by atoms with Gasteiger partial charge < -0.3 is 9.47 Å². The molecule has 6 heteroatoms. The summed E-state index contributed by atoms with van der Waals surface area (Å²) in [6.07, 6.45) is 4.00. The van der Waals surface area contributed by atoms with Gasteiger partial charge in [-0.1, -0.05) is 46.7 Å². The lowest BCUT2D eigenvalue weighted by molar-refractivity contribution is 0.312. The fourth-order valence-electron chi connectivity index (χ4n) is 3.93. The lowest BCUT2D eigenvalue weighted by Crippen LogP contribution is -2.30. The third kappa shape index (κ3) is 3.01. The van der Waals surface area contributed by atoms with Crippen molar-refractivity contribution in [2.75, 3.05) is 6.54 Å². The second kappa shape index (κ2) is 6.84. The molecule has 2 aliphatic heterocycles. The number of benzene rings is 1. The van der Waals surface area contributed by atoms with Gasteiger partial charge in [0.2, 0.25) is 0 Å². The van der Waals surface area contributed by atoms with Crippen molar-refractivity contribution in [3.8, 4) is 5.69 Å². The lowest BCUT2D eigenvalue weighted by Gasteiger charge is -2.28. The van der Waals surface area contributed by atoms with Crippen LogP contribution in [0.25, 0.3) is 5.69 Å². The van der Waals surface area contributed by atoms with Crippen LogP contribution >= 0.6 is 27.7 Å². The van der Waals surface area contributed by atoms with E-state index in [1.165, 1.54) is 5.69 Å². The molecular weight excluding hydrogens is 420 g/mol. The Morgan fingerprint density at radius 1 is 1.11 bits per heavy atom. The van der Waals surface area contributed by atoms with E-state index in [0.29, 0.717) is 5.25 Å². The van der Waals surface area contributed by atoms with Crippen LogP contribution in [0.1, 0.15) is 30.4 Å². The largest absolute Gasteiger partial charge is 0.339 e. The predicted molar refractivity (Wildman–Crippen MR) is 114 cm³/mol. The maximum atomic E-state index is 5.08. The Bertz CT molecular complexity index is 1000. The van der Waals surface area contributed by atoms with Gasteiger partial charge in [0.15, 0.2) is 5.17 Å². The number of nitrogens with zero attached hydrogens (tertiary/aromatic N) is 4. The van der Waals surface area contributed by atoms with Crippen molar-refractivity contribution in [1.29, 1.82) is 0 Å². The smallest absolute Gasteiger partial charge is 0.160 e. The van der Waals surface area contributed by atoms with Gasteiger partial charge in [-0.15, -0.1) is 0 Å². The monoisotopic (exact) mass is 438 g/mol. The number of fused-ring (bicyclic) bond motifs is 1. The van der Waals surface area contributed by atoms with Crippen molar-refractivity contribution in [3.05, 3.63) is 82.9 Å². The third-order valence-electron chi connectivity index (χ3n) is 5.05. The zero-order valence-corrected chi connectivity index (χ0v) is 17.3. The summed E-state index contributed by atoms with van der Waals surface area (Å²) in [4.78, 5) is 12.2. The molecule has 4 nitrogen and oxygen atoms in total. The minimum absolute atomic E-state index is 0.0157. The fourth-order valence-corrected chi connectivity index (χ4v) is 5.41. The van der Waals surface area contributed by atoms with E-state index in [1.807, 2.05) is 30.1 Å². The molecule has 0 unspecified atom stereocenters. The summed E-state index contributed by atoms with van der Waals surface area (Å²) >= 11 is 5.47. The van der Waals surface area contributed by atoms with Crippen LogP contribution in [-0.2, 0) is 0 Å². The van der Waals surface area contributed by atoms with E-state index >= 15 is 0 Å². The number of halogens is 1. The summed E-state index contributed by atoms with van der Waals surface area (Å²) in [5.74, 6) is 0. The summed E-state index contributed by atoms with van der Waals surface area (Å²) in [6.45, 7) is 3.28. The minimum Gasteiger partial charge on any atom is -0.339 e. The molecule has 3 atom stereocenters. The van der Waals surface area contributed by atoms with E-state index in [0.717, 1.165) is 27.6 Å². The van der Waals surface area contributed by atoms with Crippen molar-refractivity contribution < 1.29 is 0 Å². The summed E-state index contributed by atoms with van der Waals surface area (Å²) in [6, 6.07) is 19.0. The maximum Gasteiger partial charge on any atom is 0.160 e. The molecule has 0 aliphatic carbocycles. The summed E-state index contributed by atoms with van der Waals surface area (Å²) < 4.78 is 3.35. The van der Waals surface area contributed by atoms with Gasteiger partial charge in [-0.05, 0) is 42.5 Å². The first-order chi connectivity index (χ1) is 13.2. The molecule has 1 aromatic carbocycles. The van der Waals surface area contributed by atoms with Crippen LogP contribution in [0.2, 0.25) is 0 Å². The number of pyridine rings is 1. The zero-order valence-electron chi connectivity index (χ0n) is 14.9. The van der Waals surface area contributed by atoms with Crippen LogP contribution in [0.3, 0.4) is 0 Å². The van der Waals surface area contributed by atoms with Gasteiger partial charge in [0.25, 0.3) is 0 Å². The van der Waals surface area contributed by atoms with Crippen molar-refractivity contribution in [3.63, 3.8) is 0 Å². The van der Waals surface area contributed by atoms with Gasteiger partial charge in [-0.3, -0.25) is 9.98 Å². The lowest BCUT2D eigenvalue weighted by atomic mass is 10.0. The van der Waals surface area contributed by atoms with Crippen LogP contribution in [0.15, 0.2) is 76.5 Å². The van der Waals surface area contributed by atoms with Gasteiger partial charge in [-0.25, -0.2) is 0 Å². The molecule has 0 saturated carbocycles. The maximum absolute atomic E-state index is 5.08. The minimum atomic E-state index is 0.0157. The number of amidine groups is 1. The number of aliphatic imine (C=N–C) groups is 1. The highest BCUT2D eigenvalue weighted by Gasteiger charge is 2.44. The molecule has 0 amide bonds. The van der Waals surface area contributed by atoms with Crippen LogP contribution in [0.5, 0.6) is 0 Å². The van der Waals surface area contributed by atoms with Crippen molar-refractivity contribution >= 4 is 32.9 Å². The summed E-state index contributed by atoms with van der Waals surface area (Å²) in [7, 11) is 0. The van der Waals surface area contributed by atoms with E-state index in [4.69, 9.17) is 4.99 Å². The molecule has 5 rings (SSSR count). The molecule has 136 valence electrons. The number of hydrogen-bond acceptors (Lipinski definition) is 4. The normalized spacial score (nSPS) is 24.1. The van der Waals surface area contributed by atoms with E-state index in [1.54, 1.807) is 0 Å². The average molecular weight is 439 g/mol. The fraction of sp³-hybridized carbons (Fsp3) is 0.238. The highest BCUT2D eigenvalue weighted by Crippen LogP contribution is 2.47. The summed E-state index contributed by atoms with van der Waals surface area (Å²) in [5.41, 5.74) is 3.43. The molecular formula is C21H19BrN4S. The van der Waals surface area contributed by atoms with Crippen molar-refractivity contribution in [1.82, 2.24) is 14.5 Å². The SMILES string of the molecule is C[C@@H]1CN2C(=N[C@H](c3ccccn3)[C@H]2c2cccn2-c2cccc(Br)c2)S1. The molecule has 0 radical (unpaired) electrons. The first kappa shape index (κ1) is 17.1. The standard InChI is InChI=1S/C21H19BrN4S/c1-14-13-26-20(19(24-21(26)27-14)17-8-2-3-10-23-17)18-9-5-11-25(18)16-7-4-6-15(22)12-16/h2-12,14,19-20H,13H2,1H3/t14-,19-,20-/m1/s1. The highest BCUT2D eigenvalue weighted by atomic mass is 79.9. The van der Waals surface area contributed by atoms with Crippen LogP contribution < -0.4 is 0 Å². The zero-order chi connectivity index (χ0) is 18.4. The Balaban J connectivity index is 1.62. The molecule has 4 heterocycles. The van der Waals surface area contributed by atoms with Gasteiger partial charge in [0.1, 0.15) is 6.04 Å². The Kier molecular flexibility index (Phi) is 4.32. The van der Waals surface area contributed by atoms with Crippen LogP contribution in [-0.4, -0.2) is 31.4 Å². The van der Waals surface area contributed by atoms with Crippen LogP contribution in [0, 0.1) is 0 Å². The summed E-state index contributed by atoms with van der Waals surface area (Å²) in [5, 5.41) is 1.70. The molecule has 3 aromatic rings. The van der Waals surface area contributed by atoms with E-state index in [2.05, 4.69) is 86.0 Å². The first-order valence-electron chi connectivity index (χ1n) is 9.06. The van der Waals surface area contributed by atoms with Gasteiger partial charge in [0.05, 0.1) is 11.7 Å². The van der Waals surface area contributed by atoms with Crippen molar-refractivity contribution in [2.24, 2.45) is 4.99 Å². The van der Waals surface area contributed by atoms with Gasteiger partial charge >= 0.3 is 0 Å². The number of rotatable bonds is 3. The molecule has 2 aromatic heterocycles. The topological polar surface area (TPSA) is 33.4 Å². The molecule has 0 bridgehead atoms. The second-order valence-electron chi connectivity index (χ2n) is 6.92. The van der Waals surface area contributed by atoms with E-state index in [9.17, 15) is 0 Å². The number of aromatic nitrogens is 2. The molecule has 1 fully saturated rings. The average Bonchev–Trinajstić information content (AvgIpc) is 3.36. The molecule has 0 N–H and O–H groups in total. The van der Waals surface area contributed by atoms with Crippen LogP contribution in [0.4, 0.5) is 0 Å². The van der Waals surface area contributed by atoms with Gasteiger partial charge in [-0.2, -0.15) is 0 Å². The quantitative estimate of drug-likeness (QED) is 0.561. The molecule has 1 saturated heterocycles. The Morgan fingerprint density at radius 3 is 2.85 bits per heavy atom. The second-order valence-corrected chi connectivity index (χ2v) is 9.24. The Morgan fingerprint density at radius 2 is 2.04 bits per heavy atom.